The van der Waals surface area contributed by atoms with Gasteiger partial charge < -0.3 is 4.74 Å². The molecular weight excluding hydrogens is 414 g/mol. The fourth-order valence-electron chi connectivity index (χ4n) is 2.64. The van der Waals surface area contributed by atoms with E-state index >= 15 is 0 Å². The van der Waals surface area contributed by atoms with Gasteiger partial charge in [-0.05, 0) is 54.9 Å². The lowest BCUT2D eigenvalue weighted by Gasteiger charge is -2.12. The molecular formula is C20H18BrNO3S. The molecule has 0 atom stereocenters. The Morgan fingerprint density at radius 3 is 2.65 bits per heavy atom. The van der Waals surface area contributed by atoms with Crippen LogP contribution in [0.2, 0.25) is 0 Å². The number of nitrogens with zero attached hydrogens (tertiary/aromatic N) is 1. The number of imide groups is 1. The molecule has 0 N–H and O–H groups in total. The summed E-state index contributed by atoms with van der Waals surface area (Å²) in [6.45, 7) is 2.81. The maximum Gasteiger partial charge on any atom is 0.293 e. The largest absolute Gasteiger partial charge is 0.493 e. The highest BCUT2D eigenvalue weighted by molar-refractivity contribution is 9.10. The fraction of sp³-hybridized carbons (Fsp3) is 0.200. The van der Waals surface area contributed by atoms with Gasteiger partial charge in [-0.3, -0.25) is 14.5 Å². The van der Waals surface area contributed by atoms with Crippen LogP contribution in [-0.2, 0) is 11.2 Å². The molecule has 6 heteroatoms. The maximum absolute atomic E-state index is 12.7. The normalized spacial score (nSPS) is 15.8. The molecule has 1 saturated heterocycles. The molecule has 0 radical (unpaired) electrons. The van der Waals surface area contributed by atoms with Crippen molar-refractivity contribution in [1.29, 1.82) is 0 Å². The molecule has 0 unspecified atom stereocenters. The highest BCUT2D eigenvalue weighted by Crippen LogP contribution is 2.35. The highest BCUT2D eigenvalue weighted by atomic mass is 79.9. The van der Waals surface area contributed by atoms with Crippen LogP contribution in [0.3, 0.4) is 0 Å². The third kappa shape index (κ3) is 4.37. The molecule has 0 aliphatic carbocycles. The molecule has 1 aliphatic heterocycles. The third-order valence-corrected chi connectivity index (χ3v) is 5.30. The lowest BCUT2D eigenvalue weighted by atomic mass is 10.1. The van der Waals surface area contributed by atoms with E-state index in [2.05, 4.69) is 15.9 Å². The minimum Gasteiger partial charge on any atom is -0.493 e. The van der Waals surface area contributed by atoms with Crippen LogP contribution >= 0.6 is 27.7 Å². The van der Waals surface area contributed by atoms with Crippen molar-refractivity contribution in [3.05, 3.63) is 69.0 Å². The minimum absolute atomic E-state index is 0.231. The van der Waals surface area contributed by atoms with Crippen molar-refractivity contribution in [3.63, 3.8) is 0 Å². The van der Waals surface area contributed by atoms with Gasteiger partial charge in [0.25, 0.3) is 11.1 Å². The number of benzene rings is 2. The highest BCUT2D eigenvalue weighted by Gasteiger charge is 2.34. The third-order valence-electron chi connectivity index (χ3n) is 3.90. The summed E-state index contributed by atoms with van der Waals surface area (Å²) >= 11 is 4.40. The van der Waals surface area contributed by atoms with Gasteiger partial charge in [0.1, 0.15) is 5.75 Å². The van der Waals surface area contributed by atoms with E-state index < -0.39 is 0 Å². The van der Waals surface area contributed by atoms with Crippen molar-refractivity contribution in [3.8, 4) is 5.75 Å². The summed E-state index contributed by atoms with van der Waals surface area (Å²) < 4.78 is 6.50. The second-order valence-corrected chi connectivity index (χ2v) is 7.59. The summed E-state index contributed by atoms with van der Waals surface area (Å²) in [4.78, 5) is 26.7. The van der Waals surface area contributed by atoms with Crippen LogP contribution in [0.4, 0.5) is 4.79 Å². The van der Waals surface area contributed by atoms with Gasteiger partial charge in [0.15, 0.2) is 0 Å². The first-order valence-corrected chi connectivity index (χ1v) is 9.91. The number of carbonyl (C=O) groups excluding carboxylic acids is 2. The number of thioether (sulfide) groups is 1. The van der Waals surface area contributed by atoms with Crippen LogP contribution in [0.15, 0.2) is 57.9 Å². The lowest BCUT2D eigenvalue weighted by molar-refractivity contribution is -0.122. The van der Waals surface area contributed by atoms with Gasteiger partial charge in [-0.25, -0.2) is 0 Å². The Balaban J connectivity index is 1.78. The molecule has 0 bridgehead atoms. The smallest absolute Gasteiger partial charge is 0.293 e. The molecule has 1 aliphatic rings. The number of hydrogen-bond donors (Lipinski definition) is 0. The van der Waals surface area contributed by atoms with Crippen molar-refractivity contribution in [2.24, 2.45) is 0 Å². The maximum atomic E-state index is 12.7. The zero-order chi connectivity index (χ0) is 18.5. The Bertz CT molecular complexity index is 851. The number of rotatable bonds is 6. The van der Waals surface area contributed by atoms with Gasteiger partial charge in [0.2, 0.25) is 0 Å². The molecule has 0 saturated carbocycles. The van der Waals surface area contributed by atoms with Crippen LogP contribution in [0, 0.1) is 0 Å². The van der Waals surface area contributed by atoms with Gasteiger partial charge >= 0.3 is 0 Å². The van der Waals surface area contributed by atoms with Gasteiger partial charge in [-0.2, -0.15) is 0 Å². The van der Waals surface area contributed by atoms with Crippen LogP contribution in [0.1, 0.15) is 18.1 Å². The van der Waals surface area contributed by atoms with Crippen LogP contribution in [0.5, 0.6) is 5.75 Å². The molecule has 3 rings (SSSR count). The number of hydrogen-bond acceptors (Lipinski definition) is 4. The van der Waals surface area contributed by atoms with Gasteiger partial charge in [0, 0.05) is 16.6 Å². The topological polar surface area (TPSA) is 46.6 Å². The van der Waals surface area contributed by atoms with Crippen molar-refractivity contribution in [2.75, 3.05) is 13.2 Å². The van der Waals surface area contributed by atoms with E-state index in [1.165, 1.54) is 4.90 Å². The molecule has 2 aromatic rings. The number of halogens is 1. The quantitative estimate of drug-likeness (QED) is 0.594. The lowest BCUT2D eigenvalue weighted by Crippen LogP contribution is -2.30. The first-order chi connectivity index (χ1) is 12.6. The second kappa shape index (κ2) is 8.56. The van der Waals surface area contributed by atoms with Crippen molar-refractivity contribution in [2.45, 2.75) is 13.3 Å². The Kier molecular flexibility index (Phi) is 6.16. The second-order valence-electron chi connectivity index (χ2n) is 5.68. The molecule has 0 spiro atoms. The van der Waals surface area contributed by atoms with E-state index in [0.29, 0.717) is 30.2 Å². The minimum atomic E-state index is -0.252. The number of amides is 2. The van der Waals surface area contributed by atoms with Gasteiger partial charge in [-0.1, -0.05) is 46.3 Å². The summed E-state index contributed by atoms with van der Waals surface area (Å²) in [5, 5.41) is -0.231. The predicted molar refractivity (Wildman–Crippen MR) is 108 cm³/mol. The molecule has 26 heavy (non-hydrogen) atoms. The van der Waals surface area contributed by atoms with Crippen LogP contribution < -0.4 is 4.74 Å². The zero-order valence-corrected chi connectivity index (χ0v) is 16.7. The fourth-order valence-corrected chi connectivity index (χ4v) is 3.87. The van der Waals surface area contributed by atoms with E-state index in [1.807, 2.05) is 55.5 Å². The molecule has 134 valence electrons. The van der Waals surface area contributed by atoms with Gasteiger partial charge in [-0.15, -0.1) is 0 Å². The Labute approximate surface area is 165 Å². The molecule has 0 aromatic heterocycles. The number of carbonyl (C=O) groups is 2. The van der Waals surface area contributed by atoms with Crippen LogP contribution in [0.25, 0.3) is 6.08 Å². The van der Waals surface area contributed by atoms with Crippen molar-refractivity contribution in [1.82, 2.24) is 4.90 Å². The van der Waals surface area contributed by atoms with E-state index in [4.69, 9.17) is 4.74 Å². The first-order valence-electron chi connectivity index (χ1n) is 8.30. The summed E-state index contributed by atoms with van der Waals surface area (Å²) in [7, 11) is 0. The number of ether oxygens (including phenoxy) is 1. The van der Waals surface area contributed by atoms with E-state index in [1.54, 1.807) is 6.08 Å². The molecule has 1 heterocycles. The zero-order valence-electron chi connectivity index (χ0n) is 14.3. The summed E-state index contributed by atoms with van der Waals surface area (Å²) in [5.74, 6) is 0.435. The summed E-state index contributed by atoms with van der Waals surface area (Å²) in [6.07, 6.45) is 2.37. The summed E-state index contributed by atoms with van der Waals surface area (Å²) in [5.41, 5.74) is 1.87. The Morgan fingerprint density at radius 1 is 1.15 bits per heavy atom. The van der Waals surface area contributed by atoms with Gasteiger partial charge in [0.05, 0.1) is 11.5 Å². The Hall–Kier alpha value is -2.05. The molecule has 2 aromatic carbocycles. The molecule has 2 amide bonds. The van der Waals surface area contributed by atoms with Crippen LogP contribution in [-0.4, -0.2) is 29.2 Å². The van der Waals surface area contributed by atoms with Crippen molar-refractivity contribution < 1.29 is 14.3 Å². The monoisotopic (exact) mass is 431 g/mol. The average molecular weight is 432 g/mol. The standard InChI is InChI=1S/C20H18BrNO3S/c1-2-25-17-9-8-16(21)12-15(17)13-18-19(23)22(20(24)26-18)11-10-14-6-4-3-5-7-14/h3-9,12-13H,2,10-11H2,1H3/b18-13-. The van der Waals surface area contributed by atoms with Crippen molar-refractivity contribution >= 4 is 44.9 Å². The first kappa shape index (κ1) is 18.7. The van der Waals surface area contributed by atoms with E-state index in [9.17, 15) is 9.59 Å². The molecule has 1 fully saturated rings. The van der Waals surface area contributed by atoms with E-state index in [0.717, 1.165) is 27.4 Å². The van der Waals surface area contributed by atoms with E-state index in [-0.39, 0.29) is 11.1 Å². The Morgan fingerprint density at radius 2 is 1.92 bits per heavy atom. The average Bonchev–Trinajstić information content (AvgIpc) is 2.90. The molecule has 4 nitrogen and oxygen atoms in total. The SMILES string of the molecule is CCOc1ccc(Br)cc1/C=C1\SC(=O)N(CCc2ccccc2)C1=O. The predicted octanol–water partition coefficient (Wildman–Crippen LogP) is 5.13. The summed E-state index contributed by atoms with van der Waals surface area (Å²) in [6, 6.07) is 15.4.